The van der Waals surface area contributed by atoms with Crippen molar-refractivity contribution >= 4 is 36.6 Å². The van der Waals surface area contributed by atoms with Gasteiger partial charge in [-0.1, -0.05) is 18.7 Å². The fourth-order valence-electron chi connectivity index (χ4n) is 3.48. The average Bonchev–Trinajstić information content (AvgIpc) is 2.89. The summed E-state index contributed by atoms with van der Waals surface area (Å²) in [6.07, 6.45) is 9.23. The quantitative estimate of drug-likeness (QED) is 0.627. The first-order valence-corrected chi connectivity index (χ1v) is 9.15. The lowest BCUT2D eigenvalue weighted by molar-refractivity contribution is 0.194. The van der Waals surface area contributed by atoms with Crippen LogP contribution in [0, 0.1) is 5.41 Å². The first kappa shape index (κ1) is 21.0. The van der Waals surface area contributed by atoms with E-state index in [9.17, 15) is 0 Å². The summed E-state index contributed by atoms with van der Waals surface area (Å²) in [7, 11) is 0. The van der Waals surface area contributed by atoms with Crippen molar-refractivity contribution in [2.24, 2.45) is 5.41 Å². The van der Waals surface area contributed by atoms with Crippen molar-refractivity contribution in [1.82, 2.24) is 20.2 Å². The molecule has 1 aromatic heterocycles. The molecular weight excluding hydrogens is 351 g/mol. The molecule has 0 bridgehead atoms. The molecule has 0 saturated carbocycles. The maximum Gasteiger partial charge on any atom is 0.187 e. The van der Waals surface area contributed by atoms with Gasteiger partial charge in [-0.3, -0.25) is 4.90 Å². The molecule has 0 unspecified atom stereocenters. The Labute approximate surface area is 156 Å². The fourth-order valence-corrected chi connectivity index (χ4v) is 4.12. The van der Waals surface area contributed by atoms with Gasteiger partial charge in [0.05, 0.1) is 0 Å². The summed E-state index contributed by atoms with van der Waals surface area (Å²) in [6.45, 7) is 8.06. The van der Waals surface area contributed by atoms with Crippen molar-refractivity contribution in [1.29, 1.82) is 0 Å². The van der Waals surface area contributed by atoms with Crippen LogP contribution in [0.3, 0.4) is 0 Å². The minimum absolute atomic E-state index is 0. The van der Waals surface area contributed by atoms with Crippen molar-refractivity contribution in [3.05, 3.63) is 18.0 Å². The Balaban J connectivity index is 0.00000132. The molecule has 0 amide bonds. The van der Waals surface area contributed by atoms with Gasteiger partial charge in [-0.25, -0.2) is 9.97 Å². The van der Waals surface area contributed by atoms with Gasteiger partial charge in [-0.2, -0.15) is 0 Å². The summed E-state index contributed by atoms with van der Waals surface area (Å²) in [5, 5.41) is 4.40. The summed E-state index contributed by atoms with van der Waals surface area (Å²) in [4.78, 5) is 11.5. The predicted molar refractivity (Wildman–Crippen MR) is 102 cm³/mol. The van der Waals surface area contributed by atoms with Crippen LogP contribution >= 0.6 is 36.6 Å². The third-order valence-corrected chi connectivity index (χ3v) is 5.79. The molecule has 0 aliphatic carbocycles. The number of hydrogen-bond acceptors (Lipinski definition) is 5. The number of rotatable bonds is 5. The molecule has 2 aliphatic rings. The third-order valence-electron chi connectivity index (χ3n) is 4.70. The highest BCUT2D eigenvalue weighted by Crippen LogP contribution is 2.38. The Kier molecular flexibility index (Phi) is 9.16. The van der Waals surface area contributed by atoms with E-state index in [1.165, 1.54) is 57.4 Å². The Morgan fingerprint density at radius 3 is 2.52 bits per heavy atom. The van der Waals surface area contributed by atoms with E-state index in [1.807, 2.05) is 12.4 Å². The lowest BCUT2D eigenvalue weighted by Gasteiger charge is -2.33. The molecule has 3 heterocycles. The summed E-state index contributed by atoms with van der Waals surface area (Å²) >= 11 is 1.75. The van der Waals surface area contributed by atoms with E-state index < -0.39 is 0 Å². The maximum absolute atomic E-state index is 4.48. The van der Waals surface area contributed by atoms with E-state index in [0.29, 0.717) is 5.41 Å². The van der Waals surface area contributed by atoms with Crippen LogP contribution in [0.25, 0.3) is 0 Å². The summed E-state index contributed by atoms with van der Waals surface area (Å²) < 4.78 is 0. The fraction of sp³-hybridized carbons (Fsp3) is 0.750. The normalized spacial score (nSPS) is 20.0. The molecule has 132 valence electrons. The minimum atomic E-state index is 0. The number of nitrogens with one attached hydrogen (secondary N) is 1. The van der Waals surface area contributed by atoms with E-state index in [-0.39, 0.29) is 24.8 Å². The average molecular weight is 379 g/mol. The second kappa shape index (κ2) is 10.0. The second-order valence-corrected chi connectivity index (χ2v) is 7.50. The van der Waals surface area contributed by atoms with Crippen LogP contribution in [0.15, 0.2) is 17.6 Å². The summed E-state index contributed by atoms with van der Waals surface area (Å²) in [5.41, 5.74) is 1.84. The maximum atomic E-state index is 4.48. The zero-order valence-electron chi connectivity index (χ0n) is 13.8. The first-order valence-electron chi connectivity index (χ1n) is 8.16. The van der Waals surface area contributed by atoms with E-state index in [4.69, 9.17) is 0 Å². The smallest absolute Gasteiger partial charge is 0.187 e. The molecule has 2 saturated heterocycles. The molecular formula is C16H28Cl2N4S. The highest BCUT2D eigenvalue weighted by atomic mass is 35.5. The van der Waals surface area contributed by atoms with Crippen molar-refractivity contribution in [3.63, 3.8) is 0 Å². The number of likely N-dealkylation sites (tertiary alicyclic amines) is 1. The Morgan fingerprint density at radius 2 is 1.87 bits per heavy atom. The number of hydrogen-bond donors (Lipinski definition) is 1. The van der Waals surface area contributed by atoms with Crippen LogP contribution in [-0.2, 0) is 6.54 Å². The van der Waals surface area contributed by atoms with E-state index in [2.05, 4.69) is 27.1 Å². The van der Waals surface area contributed by atoms with Gasteiger partial charge in [0.15, 0.2) is 5.16 Å². The SMILES string of the molecule is CCCSc1ncc(CN2CCC3(CCNCC3)C2)cn1.Cl.Cl. The van der Waals surface area contributed by atoms with Crippen LogP contribution < -0.4 is 5.32 Å². The first-order chi connectivity index (χ1) is 10.3. The minimum Gasteiger partial charge on any atom is -0.317 e. The molecule has 23 heavy (non-hydrogen) atoms. The third kappa shape index (κ3) is 5.75. The molecule has 2 fully saturated rings. The van der Waals surface area contributed by atoms with Gasteiger partial charge in [-0.15, -0.1) is 24.8 Å². The Morgan fingerprint density at radius 1 is 1.17 bits per heavy atom. The zero-order chi connectivity index (χ0) is 14.5. The summed E-state index contributed by atoms with van der Waals surface area (Å²) in [5.74, 6) is 1.10. The molecule has 4 nitrogen and oxygen atoms in total. The zero-order valence-corrected chi connectivity index (χ0v) is 16.2. The second-order valence-electron chi connectivity index (χ2n) is 6.43. The van der Waals surface area contributed by atoms with Crippen molar-refractivity contribution in [3.8, 4) is 0 Å². The van der Waals surface area contributed by atoms with Gasteiger partial charge in [0.2, 0.25) is 0 Å². The Bertz CT molecular complexity index is 452. The standard InChI is InChI=1S/C16H26N4S.2ClH/c1-2-9-21-15-18-10-14(11-19-15)12-20-8-5-16(13-20)3-6-17-7-4-16;;/h10-11,17H,2-9,12-13H2,1H3;2*1H. The van der Waals surface area contributed by atoms with Gasteiger partial charge >= 0.3 is 0 Å². The van der Waals surface area contributed by atoms with Crippen molar-refractivity contribution < 1.29 is 0 Å². The van der Waals surface area contributed by atoms with Crippen molar-refractivity contribution in [2.45, 2.75) is 44.3 Å². The largest absolute Gasteiger partial charge is 0.317 e. The van der Waals surface area contributed by atoms with Crippen LogP contribution in [0.2, 0.25) is 0 Å². The highest BCUT2D eigenvalue weighted by molar-refractivity contribution is 7.99. The van der Waals surface area contributed by atoms with Crippen LogP contribution in [0.5, 0.6) is 0 Å². The molecule has 0 atom stereocenters. The molecule has 3 rings (SSSR count). The van der Waals surface area contributed by atoms with Gasteiger partial charge in [0.1, 0.15) is 0 Å². The van der Waals surface area contributed by atoms with Crippen LogP contribution in [0.1, 0.15) is 38.2 Å². The van der Waals surface area contributed by atoms with Gasteiger partial charge in [0.25, 0.3) is 0 Å². The Hall–Kier alpha value is -0.0700. The molecule has 1 aromatic rings. The van der Waals surface area contributed by atoms with Gasteiger partial charge < -0.3 is 5.32 Å². The lowest BCUT2D eigenvalue weighted by atomic mass is 9.78. The number of thioether (sulfide) groups is 1. The van der Waals surface area contributed by atoms with Crippen LogP contribution in [0.4, 0.5) is 0 Å². The van der Waals surface area contributed by atoms with Gasteiger partial charge in [-0.05, 0) is 50.7 Å². The van der Waals surface area contributed by atoms with E-state index in [1.54, 1.807) is 11.8 Å². The van der Waals surface area contributed by atoms with Crippen LogP contribution in [-0.4, -0.2) is 46.8 Å². The summed E-state index contributed by atoms with van der Waals surface area (Å²) in [6, 6.07) is 0. The molecule has 2 aliphatic heterocycles. The monoisotopic (exact) mass is 378 g/mol. The van der Waals surface area contributed by atoms with E-state index >= 15 is 0 Å². The lowest BCUT2D eigenvalue weighted by Crippen LogP contribution is -2.38. The van der Waals surface area contributed by atoms with Gasteiger partial charge in [0, 0.05) is 36.8 Å². The number of piperidine rings is 1. The predicted octanol–water partition coefficient (Wildman–Crippen LogP) is 3.40. The molecule has 1 spiro atoms. The molecule has 1 N–H and O–H groups in total. The van der Waals surface area contributed by atoms with E-state index in [0.717, 1.165) is 17.5 Å². The molecule has 7 heteroatoms. The number of nitrogens with zero attached hydrogens (tertiary/aromatic N) is 3. The topological polar surface area (TPSA) is 41.1 Å². The number of aromatic nitrogens is 2. The highest BCUT2D eigenvalue weighted by Gasteiger charge is 2.38. The number of halogens is 2. The van der Waals surface area contributed by atoms with Crippen molar-refractivity contribution in [2.75, 3.05) is 31.9 Å². The molecule has 0 aromatic carbocycles. The molecule has 0 radical (unpaired) electrons.